The molecule has 1 saturated heterocycles. The van der Waals surface area contributed by atoms with E-state index in [-0.39, 0.29) is 5.75 Å². The first-order chi connectivity index (χ1) is 15.5. The van der Waals surface area contributed by atoms with E-state index < -0.39 is 9.84 Å². The van der Waals surface area contributed by atoms with E-state index in [1.807, 2.05) is 12.1 Å². The molecule has 1 aliphatic rings. The molecule has 2 heterocycles. The number of fused-ring (bicyclic) bond motifs is 1. The monoisotopic (exact) mass is 456 g/mol. The van der Waals surface area contributed by atoms with Crippen molar-refractivity contribution in [2.45, 2.75) is 31.1 Å². The minimum absolute atomic E-state index is 0.0446. The van der Waals surface area contributed by atoms with Gasteiger partial charge in [0.05, 0.1) is 41.8 Å². The molecule has 4 rings (SSSR count). The van der Waals surface area contributed by atoms with Gasteiger partial charge in [-0.2, -0.15) is 0 Å². The first-order valence-electron chi connectivity index (χ1n) is 10.7. The number of nitrogens with one attached hydrogen (secondary N) is 1. The minimum Gasteiger partial charge on any atom is -0.493 e. The fourth-order valence-corrected chi connectivity index (χ4v) is 4.90. The Morgan fingerprint density at radius 1 is 1.00 bits per heavy atom. The molecule has 9 heteroatoms. The number of ether oxygens (including phenoxy) is 2. The summed E-state index contributed by atoms with van der Waals surface area (Å²) in [6.45, 7) is 3.52. The van der Waals surface area contributed by atoms with Crippen LogP contribution in [-0.2, 0) is 9.84 Å². The number of rotatable bonds is 7. The summed E-state index contributed by atoms with van der Waals surface area (Å²) in [4.78, 5) is 11.4. The second kappa shape index (κ2) is 9.20. The van der Waals surface area contributed by atoms with Gasteiger partial charge in [-0.25, -0.2) is 18.4 Å². The van der Waals surface area contributed by atoms with Crippen molar-refractivity contribution in [1.82, 2.24) is 9.97 Å². The fourth-order valence-electron chi connectivity index (χ4n) is 4.00. The van der Waals surface area contributed by atoms with Crippen molar-refractivity contribution >= 4 is 37.9 Å². The van der Waals surface area contributed by atoms with Gasteiger partial charge in [-0.05, 0) is 43.5 Å². The molecule has 1 N–H and O–H groups in total. The summed E-state index contributed by atoms with van der Waals surface area (Å²) in [5, 5.41) is 4.13. The highest BCUT2D eigenvalue weighted by Crippen LogP contribution is 2.37. The molecule has 0 amide bonds. The molecule has 0 aliphatic carbocycles. The highest BCUT2D eigenvalue weighted by atomic mass is 32.2. The molecule has 0 saturated carbocycles. The Hall–Kier alpha value is -3.07. The average Bonchev–Trinajstić information content (AvgIpc) is 2.83. The summed E-state index contributed by atoms with van der Waals surface area (Å²) in [5.41, 5.74) is 2.36. The molecular weight excluding hydrogens is 428 g/mol. The Kier molecular flexibility index (Phi) is 6.36. The van der Waals surface area contributed by atoms with Gasteiger partial charge in [0.1, 0.15) is 12.1 Å². The van der Waals surface area contributed by atoms with E-state index in [9.17, 15) is 8.42 Å². The second-order valence-electron chi connectivity index (χ2n) is 7.70. The lowest BCUT2D eigenvalue weighted by atomic mass is 10.1. The van der Waals surface area contributed by atoms with Crippen molar-refractivity contribution in [2.24, 2.45) is 0 Å². The van der Waals surface area contributed by atoms with Gasteiger partial charge >= 0.3 is 0 Å². The largest absolute Gasteiger partial charge is 0.493 e. The summed E-state index contributed by atoms with van der Waals surface area (Å²) >= 11 is 0. The van der Waals surface area contributed by atoms with Gasteiger partial charge in [0.15, 0.2) is 21.3 Å². The number of nitrogens with zero attached hydrogens (tertiary/aromatic N) is 3. The van der Waals surface area contributed by atoms with Crippen LogP contribution in [0.1, 0.15) is 26.2 Å². The zero-order chi connectivity index (χ0) is 22.7. The third-order valence-electron chi connectivity index (χ3n) is 5.80. The van der Waals surface area contributed by atoms with Crippen LogP contribution in [0.25, 0.3) is 10.9 Å². The first-order valence-corrected chi connectivity index (χ1v) is 12.4. The Morgan fingerprint density at radius 2 is 1.72 bits per heavy atom. The van der Waals surface area contributed by atoms with E-state index in [1.54, 1.807) is 39.3 Å². The number of piperidine rings is 1. The number of methoxy groups -OCH3 is 2. The van der Waals surface area contributed by atoms with Crippen LogP contribution in [0.4, 0.5) is 17.2 Å². The molecule has 3 aromatic rings. The molecule has 0 spiro atoms. The predicted molar refractivity (Wildman–Crippen MR) is 126 cm³/mol. The van der Waals surface area contributed by atoms with Crippen molar-refractivity contribution in [3.63, 3.8) is 0 Å². The van der Waals surface area contributed by atoms with Gasteiger partial charge in [0, 0.05) is 24.5 Å². The third kappa shape index (κ3) is 4.29. The number of hydrogen-bond donors (Lipinski definition) is 1. The van der Waals surface area contributed by atoms with Gasteiger partial charge in [-0.1, -0.05) is 6.92 Å². The van der Waals surface area contributed by atoms with Gasteiger partial charge in [0.2, 0.25) is 0 Å². The topological polar surface area (TPSA) is 93.7 Å². The van der Waals surface area contributed by atoms with Crippen LogP contribution in [0.5, 0.6) is 11.5 Å². The quantitative estimate of drug-likeness (QED) is 0.566. The minimum atomic E-state index is -3.35. The zero-order valence-electron chi connectivity index (χ0n) is 18.6. The summed E-state index contributed by atoms with van der Waals surface area (Å²) in [6.07, 6.45) is 4.91. The maximum Gasteiger partial charge on any atom is 0.178 e. The smallest absolute Gasteiger partial charge is 0.178 e. The van der Waals surface area contributed by atoms with Gasteiger partial charge in [-0.3, -0.25) is 0 Å². The lowest BCUT2D eigenvalue weighted by molar-refractivity contribution is 0.356. The Morgan fingerprint density at radius 3 is 2.41 bits per heavy atom. The highest BCUT2D eigenvalue weighted by molar-refractivity contribution is 7.91. The van der Waals surface area contributed by atoms with Crippen LogP contribution in [-0.4, -0.2) is 51.4 Å². The molecule has 0 bridgehead atoms. The lowest BCUT2D eigenvalue weighted by Gasteiger charge is -2.31. The van der Waals surface area contributed by atoms with Crippen molar-refractivity contribution in [2.75, 3.05) is 43.3 Å². The number of anilines is 3. The number of sulfone groups is 1. The van der Waals surface area contributed by atoms with Crippen molar-refractivity contribution in [1.29, 1.82) is 0 Å². The van der Waals surface area contributed by atoms with E-state index >= 15 is 0 Å². The Labute approximate surface area is 188 Å². The summed E-state index contributed by atoms with van der Waals surface area (Å²) in [5.74, 6) is 1.76. The van der Waals surface area contributed by atoms with Gasteiger partial charge in [-0.15, -0.1) is 0 Å². The van der Waals surface area contributed by atoms with Crippen LogP contribution in [0.15, 0.2) is 41.6 Å². The molecular formula is C23H28N4O4S. The lowest BCUT2D eigenvalue weighted by Crippen LogP contribution is -2.30. The van der Waals surface area contributed by atoms with Crippen LogP contribution >= 0.6 is 0 Å². The number of hydrogen-bond acceptors (Lipinski definition) is 8. The average molecular weight is 457 g/mol. The summed E-state index contributed by atoms with van der Waals surface area (Å²) < 4.78 is 36.0. The van der Waals surface area contributed by atoms with E-state index in [1.165, 1.54) is 12.7 Å². The van der Waals surface area contributed by atoms with Crippen molar-refractivity contribution in [3.05, 3.63) is 36.7 Å². The Bertz CT molecular complexity index is 1220. The Balaban J connectivity index is 1.83. The van der Waals surface area contributed by atoms with E-state index in [2.05, 4.69) is 20.2 Å². The van der Waals surface area contributed by atoms with Crippen LogP contribution in [0.3, 0.4) is 0 Å². The molecule has 0 atom stereocenters. The second-order valence-corrected chi connectivity index (χ2v) is 9.98. The van der Waals surface area contributed by atoms with Crippen LogP contribution < -0.4 is 19.7 Å². The molecule has 2 aromatic carbocycles. The molecule has 0 unspecified atom stereocenters. The van der Waals surface area contributed by atoms with Gasteiger partial charge < -0.3 is 19.7 Å². The number of benzene rings is 2. The van der Waals surface area contributed by atoms with Crippen molar-refractivity contribution < 1.29 is 17.9 Å². The normalized spacial score (nSPS) is 14.4. The van der Waals surface area contributed by atoms with E-state index in [0.717, 1.165) is 37.0 Å². The summed E-state index contributed by atoms with van der Waals surface area (Å²) in [6, 6.07) is 8.91. The molecule has 0 radical (unpaired) electrons. The zero-order valence-corrected chi connectivity index (χ0v) is 19.4. The highest BCUT2D eigenvalue weighted by Gasteiger charge is 2.20. The van der Waals surface area contributed by atoms with Crippen LogP contribution in [0, 0.1) is 0 Å². The molecule has 1 aromatic heterocycles. The fraction of sp³-hybridized carbons (Fsp3) is 0.391. The van der Waals surface area contributed by atoms with Crippen molar-refractivity contribution in [3.8, 4) is 11.5 Å². The number of aromatic nitrogens is 2. The van der Waals surface area contributed by atoms with E-state index in [4.69, 9.17) is 9.47 Å². The molecule has 32 heavy (non-hydrogen) atoms. The van der Waals surface area contributed by atoms with Gasteiger partial charge in [0.25, 0.3) is 0 Å². The molecule has 1 aliphatic heterocycles. The molecule has 8 nitrogen and oxygen atoms in total. The first kappa shape index (κ1) is 22.1. The molecule has 170 valence electrons. The maximum atomic E-state index is 12.6. The maximum absolute atomic E-state index is 12.6. The third-order valence-corrected chi connectivity index (χ3v) is 7.53. The SMILES string of the molecule is CCS(=O)(=O)c1ccc(N2CCCCC2)c(Nc2ncnc3cc(OC)c(OC)cc23)c1. The van der Waals surface area contributed by atoms with E-state index in [0.29, 0.717) is 33.4 Å². The standard InChI is InChI=1S/C23H28N4O4S/c1-4-32(28,29)16-8-9-20(27-10-6-5-7-11-27)19(12-16)26-23-17-13-21(30-2)22(31-3)14-18(17)24-15-25-23/h8-9,12-15H,4-7,10-11H2,1-3H3,(H,24,25,26). The molecule has 1 fully saturated rings. The van der Waals surface area contributed by atoms with Crippen LogP contribution in [0.2, 0.25) is 0 Å². The predicted octanol–water partition coefficient (Wildman–Crippen LogP) is 4.17. The summed E-state index contributed by atoms with van der Waals surface area (Å²) in [7, 11) is -0.195.